The van der Waals surface area contributed by atoms with Gasteiger partial charge in [-0.2, -0.15) is 0 Å². The Morgan fingerprint density at radius 2 is 2.12 bits per heavy atom. The molecular weight excluding hydrogens is 234 g/mol. The van der Waals surface area contributed by atoms with Gasteiger partial charge in [-0.1, -0.05) is 17.7 Å². The van der Waals surface area contributed by atoms with Crippen molar-refractivity contribution < 1.29 is 0 Å². The third-order valence-electron chi connectivity index (χ3n) is 3.29. The van der Waals surface area contributed by atoms with Gasteiger partial charge in [0.15, 0.2) is 0 Å². The highest BCUT2D eigenvalue weighted by molar-refractivity contribution is 6.30. The molecule has 2 aromatic heterocycles. The fourth-order valence-corrected chi connectivity index (χ4v) is 2.57. The maximum Gasteiger partial charge on any atom is 0.133 e. The van der Waals surface area contributed by atoms with Gasteiger partial charge in [0.25, 0.3) is 0 Å². The van der Waals surface area contributed by atoms with Crippen LogP contribution in [0.25, 0.3) is 0 Å². The summed E-state index contributed by atoms with van der Waals surface area (Å²) in [6, 6.07) is 3.94. The van der Waals surface area contributed by atoms with E-state index in [0.717, 1.165) is 24.9 Å². The van der Waals surface area contributed by atoms with E-state index >= 15 is 0 Å². The average Bonchev–Trinajstić information content (AvgIpc) is 2.76. The van der Waals surface area contributed by atoms with Crippen LogP contribution in [0.15, 0.2) is 24.7 Å². The van der Waals surface area contributed by atoms with Gasteiger partial charge < -0.3 is 4.57 Å². The molecule has 4 heteroatoms. The van der Waals surface area contributed by atoms with Crippen molar-refractivity contribution in [3.05, 3.63) is 46.8 Å². The summed E-state index contributed by atoms with van der Waals surface area (Å²) in [5.74, 6) is 0. The van der Waals surface area contributed by atoms with Gasteiger partial charge in [-0.3, -0.25) is 0 Å². The molecule has 0 radical (unpaired) electrons. The van der Waals surface area contributed by atoms with Crippen LogP contribution in [0.5, 0.6) is 0 Å². The van der Waals surface area contributed by atoms with Crippen molar-refractivity contribution in [2.75, 3.05) is 0 Å². The summed E-state index contributed by atoms with van der Waals surface area (Å²) >= 11 is 6.08. The first-order valence-corrected chi connectivity index (χ1v) is 6.34. The fourth-order valence-electron chi connectivity index (χ4n) is 2.39. The van der Waals surface area contributed by atoms with Crippen molar-refractivity contribution in [3.8, 4) is 0 Å². The Morgan fingerprint density at radius 1 is 1.24 bits per heavy atom. The monoisotopic (exact) mass is 247 g/mol. The normalized spacial score (nSPS) is 14.6. The summed E-state index contributed by atoms with van der Waals surface area (Å²) in [4.78, 5) is 8.59. The molecule has 0 N–H and O–H groups in total. The Labute approximate surface area is 105 Å². The summed E-state index contributed by atoms with van der Waals surface area (Å²) in [7, 11) is 0. The molecule has 2 heterocycles. The van der Waals surface area contributed by atoms with Gasteiger partial charge in [0.1, 0.15) is 5.15 Å². The molecule has 17 heavy (non-hydrogen) atoms. The lowest BCUT2D eigenvalue weighted by Crippen LogP contribution is -2.09. The maximum absolute atomic E-state index is 6.08. The van der Waals surface area contributed by atoms with Crippen molar-refractivity contribution in [2.45, 2.75) is 32.2 Å². The van der Waals surface area contributed by atoms with E-state index in [1.807, 2.05) is 18.5 Å². The van der Waals surface area contributed by atoms with Crippen LogP contribution in [0.3, 0.4) is 0 Å². The second kappa shape index (κ2) is 4.49. The lowest BCUT2D eigenvalue weighted by molar-refractivity contribution is 0.628. The van der Waals surface area contributed by atoms with Crippen LogP contribution in [0, 0.1) is 0 Å². The van der Waals surface area contributed by atoms with Crippen molar-refractivity contribution >= 4 is 11.6 Å². The topological polar surface area (TPSA) is 30.7 Å². The van der Waals surface area contributed by atoms with E-state index in [-0.39, 0.29) is 0 Å². The number of hydrogen-bond acceptors (Lipinski definition) is 2. The van der Waals surface area contributed by atoms with Crippen LogP contribution < -0.4 is 0 Å². The zero-order valence-electron chi connectivity index (χ0n) is 9.56. The molecule has 0 spiro atoms. The average molecular weight is 248 g/mol. The minimum atomic E-state index is 0.589. The Morgan fingerprint density at radius 3 is 3.00 bits per heavy atom. The quantitative estimate of drug-likeness (QED) is 0.764. The van der Waals surface area contributed by atoms with E-state index in [1.54, 1.807) is 6.20 Å². The second-order valence-electron chi connectivity index (χ2n) is 4.43. The summed E-state index contributed by atoms with van der Waals surface area (Å²) in [6.45, 7) is 0.773. The zero-order chi connectivity index (χ0) is 11.7. The number of aryl methyl sites for hydroxylation is 1. The number of imidazole rings is 1. The largest absolute Gasteiger partial charge is 0.330 e. The molecule has 3 rings (SSSR count). The van der Waals surface area contributed by atoms with Crippen LogP contribution in [-0.2, 0) is 19.4 Å². The lowest BCUT2D eigenvalue weighted by Gasteiger charge is -2.14. The van der Waals surface area contributed by atoms with E-state index in [9.17, 15) is 0 Å². The summed E-state index contributed by atoms with van der Waals surface area (Å²) in [6.07, 6.45) is 8.42. The van der Waals surface area contributed by atoms with Gasteiger partial charge in [-0.25, -0.2) is 9.97 Å². The zero-order valence-corrected chi connectivity index (χ0v) is 10.3. The highest BCUT2D eigenvalue weighted by Gasteiger charge is 2.15. The summed E-state index contributed by atoms with van der Waals surface area (Å²) in [5.41, 5.74) is 3.69. The molecule has 0 saturated carbocycles. The summed E-state index contributed by atoms with van der Waals surface area (Å²) in [5, 5.41) is 0.589. The Balaban J connectivity index is 1.91. The standard InChI is InChI=1S/C13H14ClN3/c14-13-10(4-3-7-15-13)8-17-9-16-11-5-1-2-6-12(11)17/h3-4,7,9H,1-2,5-6,8H2. The molecule has 0 unspecified atom stereocenters. The molecule has 0 saturated heterocycles. The maximum atomic E-state index is 6.08. The molecular formula is C13H14ClN3. The molecule has 0 aromatic carbocycles. The van der Waals surface area contributed by atoms with Crippen LogP contribution in [-0.4, -0.2) is 14.5 Å². The number of fused-ring (bicyclic) bond motifs is 1. The molecule has 2 aromatic rings. The van der Waals surface area contributed by atoms with Gasteiger partial charge in [0.05, 0.1) is 18.6 Å². The lowest BCUT2D eigenvalue weighted by atomic mass is 10.0. The number of hydrogen-bond donors (Lipinski definition) is 0. The molecule has 0 amide bonds. The van der Waals surface area contributed by atoms with Gasteiger partial charge in [-0.05, 0) is 31.7 Å². The second-order valence-corrected chi connectivity index (χ2v) is 4.78. The molecule has 1 aliphatic rings. The third-order valence-corrected chi connectivity index (χ3v) is 3.63. The molecule has 3 nitrogen and oxygen atoms in total. The smallest absolute Gasteiger partial charge is 0.133 e. The first kappa shape index (κ1) is 10.8. The van der Waals surface area contributed by atoms with Crippen molar-refractivity contribution in [1.29, 1.82) is 0 Å². The van der Waals surface area contributed by atoms with Crippen LogP contribution in [0.2, 0.25) is 5.15 Å². The van der Waals surface area contributed by atoms with Crippen LogP contribution in [0.1, 0.15) is 29.8 Å². The highest BCUT2D eigenvalue weighted by Crippen LogP contribution is 2.22. The molecule has 0 fully saturated rings. The van der Waals surface area contributed by atoms with Gasteiger partial charge in [0.2, 0.25) is 0 Å². The highest BCUT2D eigenvalue weighted by atomic mass is 35.5. The van der Waals surface area contributed by atoms with E-state index in [2.05, 4.69) is 14.5 Å². The predicted octanol–water partition coefficient (Wildman–Crippen LogP) is 2.86. The number of halogens is 1. The molecule has 1 aliphatic carbocycles. The van der Waals surface area contributed by atoms with E-state index in [1.165, 1.54) is 24.2 Å². The van der Waals surface area contributed by atoms with Gasteiger partial charge >= 0.3 is 0 Å². The third kappa shape index (κ3) is 2.07. The molecule has 88 valence electrons. The van der Waals surface area contributed by atoms with Crippen LogP contribution in [0.4, 0.5) is 0 Å². The van der Waals surface area contributed by atoms with Crippen LogP contribution >= 0.6 is 11.6 Å². The van der Waals surface area contributed by atoms with Crippen molar-refractivity contribution in [1.82, 2.24) is 14.5 Å². The van der Waals surface area contributed by atoms with E-state index < -0.39 is 0 Å². The number of aromatic nitrogens is 3. The number of rotatable bonds is 2. The molecule has 0 bridgehead atoms. The minimum absolute atomic E-state index is 0.589. The Kier molecular flexibility index (Phi) is 2.85. The fraction of sp³-hybridized carbons (Fsp3) is 0.385. The predicted molar refractivity (Wildman–Crippen MR) is 67.2 cm³/mol. The number of nitrogens with zero attached hydrogens (tertiary/aromatic N) is 3. The summed E-state index contributed by atoms with van der Waals surface area (Å²) < 4.78 is 2.21. The molecule has 0 aliphatic heterocycles. The van der Waals surface area contributed by atoms with E-state index in [4.69, 9.17) is 11.6 Å². The first-order valence-electron chi connectivity index (χ1n) is 5.97. The Hall–Kier alpha value is -1.35. The van der Waals surface area contributed by atoms with E-state index in [0.29, 0.717) is 5.15 Å². The Bertz CT molecular complexity index is 533. The minimum Gasteiger partial charge on any atom is -0.330 e. The van der Waals surface area contributed by atoms with Crippen molar-refractivity contribution in [2.24, 2.45) is 0 Å². The first-order chi connectivity index (χ1) is 8.34. The van der Waals surface area contributed by atoms with Gasteiger partial charge in [0, 0.05) is 17.5 Å². The van der Waals surface area contributed by atoms with Gasteiger partial charge in [-0.15, -0.1) is 0 Å². The number of pyridine rings is 1. The molecule has 0 atom stereocenters. The SMILES string of the molecule is Clc1ncccc1Cn1cnc2c1CCCC2. The van der Waals surface area contributed by atoms with Crippen molar-refractivity contribution in [3.63, 3.8) is 0 Å².